The molecule has 0 aromatic rings. The molecule has 0 saturated heterocycles. The maximum Gasteiger partial charge on any atom is 4.00 e. The molecule has 1 aliphatic rings. The van der Waals surface area contributed by atoms with E-state index in [1.165, 1.54) is 12.8 Å². The van der Waals surface area contributed by atoms with Gasteiger partial charge in [0.05, 0.1) is 0 Å². The fraction of sp³-hybridized carbons (Fsp3) is 1.00. The molecule has 1 aliphatic carbocycles. The van der Waals surface area contributed by atoms with Crippen LogP contribution in [0.25, 0.3) is 11.5 Å². The van der Waals surface area contributed by atoms with Crippen molar-refractivity contribution in [3.05, 3.63) is 11.5 Å². The molecule has 2 N–H and O–H groups in total. The monoisotopic (exact) mass is 403 g/mol. The van der Waals surface area contributed by atoms with Crippen LogP contribution in [0, 0.1) is 0 Å². The van der Waals surface area contributed by atoms with Gasteiger partial charge in [0.1, 0.15) is 0 Å². The predicted octanol–water partition coefficient (Wildman–Crippen LogP) is 1.06. The van der Waals surface area contributed by atoms with E-state index >= 15 is 0 Å². The Morgan fingerprint density at radius 3 is 1.36 bits per heavy atom. The Balaban J connectivity index is 0. The normalized spacial score (nSPS) is 26.9. The second kappa shape index (κ2) is 7.73. The van der Waals surface area contributed by atoms with Crippen LogP contribution in [0.3, 0.4) is 0 Å². The topological polar surface area (TPSA) is 128 Å². The third-order valence-corrected chi connectivity index (χ3v) is 1.77. The summed E-state index contributed by atoms with van der Waals surface area (Å²) in [6, 6.07) is -0.160. The Bertz CT molecular complexity index is 216. The Kier molecular flexibility index (Phi) is 9.33. The fourth-order valence-corrected chi connectivity index (χ4v) is 1.13. The van der Waals surface area contributed by atoms with Crippen LogP contribution >= 0.6 is 0 Å². The standard InChI is InChI=1S/C6H12N2.H2O4S.Pt/c7-5-3-1-2-4-6(5)8;1-5(2,3)4;/h5-8H,1-4H2;(H2,1,2,3,4);/q-2;;+4/p-2/t5-,6+;;. The van der Waals surface area contributed by atoms with Crippen LogP contribution < -0.4 is 0 Å². The summed E-state index contributed by atoms with van der Waals surface area (Å²) in [7, 11) is -5.17. The summed E-state index contributed by atoms with van der Waals surface area (Å²) < 4.78 is 34.1. The summed E-state index contributed by atoms with van der Waals surface area (Å²) in [5.74, 6) is 0. The van der Waals surface area contributed by atoms with Crippen molar-refractivity contribution >= 4 is 10.4 Å². The van der Waals surface area contributed by atoms with Gasteiger partial charge in [0.2, 0.25) is 0 Å². The van der Waals surface area contributed by atoms with Gasteiger partial charge in [-0.2, -0.15) is 12.1 Å². The van der Waals surface area contributed by atoms with Crippen LogP contribution in [0.1, 0.15) is 25.7 Å². The van der Waals surface area contributed by atoms with Crippen molar-refractivity contribution in [2.24, 2.45) is 0 Å². The van der Waals surface area contributed by atoms with E-state index < -0.39 is 10.4 Å². The minimum Gasteiger partial charge on any atom is -0.759 e. The molecule has 0 aromatic carbocycles. The van der Waals surface area contributed by atoms with Gasteiger partial charge in [-0.1, -0.05) is 25.7 Å². The summed E-state index contributed by atoms with van der Waals surface area (Å²) in [6.45, 7) is 0. The quantitative estimate of drug-likeness (QED) is 0.442. The van der Waals surface area contributed by atoms with Crippen LogP contribution in [0.2, 0.25) is 0 Å². The molecule has 1 fully saturated rings. The minimum atomic E-state index is -5.17. The van der Waals surface area contributed by atoms with Gasteiger partial charge >= 0.3 is 21.1 Å². The SMILES string of the molecule is O=S(=O)([O-])[O-].[NH-][C@@H]1CCCC[C@@H]1[NH-].[Pt+4]. The first-order chi connectivity index (χ1) is 5.80. The summed E-state index contributed by atoms with van der Waals surface area (Å²) >= 11 is 0. The fourth-order valence-electron chi connectivity index (χ4n) is 1.13. The predicted molar refractivity (Wildman–Crippen MR) is 45.2 cm³/mol. The zero-order valence-corrected chi connectivity index (χ0v) is 10.4. The molecule has 0 unspecified atom stereocenters. The van der Waals surface area contributed by atoms with E-state index in [1.807, 2.05) is 0 Å². The van der Waals surface area contributed by atoms with Crippen molar-refractivity contribution in [1.82, 2.24) is 0 Å². The van der Waals surface area contributed by atoms with Crippen molar-refractivity contribution in [3.63, 3.8) is 0 Å². The minimum absolute atomic E-state index is 0. The van der Waals surface area contributed by atoms with Crippen molar-refractivity contribution in [1.29, 1.82) is 0 Å². The summed E-state index contributed by atoms with van der Waals surface area (Å²) in [5.41, 5.74) is 14.6. The van der Waals surface area contributed by atoms with Gasteiger partial charge in [-0.25, -0.2) is 0 Å². The van der Waals surface area contributed by atoms with Gasteiger partial charge in [0.15, 0.2) is 0 Å². The van der Waals surface area contributed by atoms with E-state index in [0.717, 1.165) is 12.8 Å². The van der Waals surface area contributed by atoms with Crippen LogP contribution in [-0.2, 0) is 31.5 Å². The van der Waals surface area contributed by atoms with Crippen molar-refractivity contribution < 1.29 is 38.6 Å². The third-order valence-electron chi connectivity index (χ3n) is 1.77. The van der Waals surface area contributed by atoms with Gasteiger partial charge in [0.25, 0.3) is 0 Å². The smallest absolute Gasteiger partial charge is 0.759 e. The molecule has 14 heavy (non-hydrogen) atoms. The Morgan fingerprint density at radius 1 is 1.00 bits per heavy atom. The molecule has 1 rings (SSSR count). The van der Waals surface area contributed by atoms with Crippen molar-refractivity contribution in [2.75, 3.05) is 0 Å². The van der Waals surface area contributed by atoms with Gasteiger partial charge < -0.3 is 20.6 Å². The molecule has 0 amide bonds. The molecule has 8 heteroatoms. The molecular weight excluding hydrogens is 391 g/mol. The van der Waals surface area contributed by atoms with E-state index in [2.05, 4.69) is 0 Å². The Labute approximate surface area is 98.3 Å². The number of nitrogens with one attached hydrogen (secondary N) is 2. The molecule has 0 aromatic heterocycles. The third kappa shape index (κ3) is 12.5. The molecule has 0 aliphatic heterocycles. The van der Waals surface area contributed by atoms with E-state index in [1.54, 1.807) is 0 Å². The van der Waals surface area contributed by atoms with E-state index in [-0.39, 0.29) is 33.1 Å². The molecule has 0 radical (unpaired) electrons. The Hall–Kier alpha value is 0.478. The van der Waals surface area contributed by atoms with Crippen molar-refractivity contribution in [2.45, 2.75) is 37.8 Å². The first kappa shape index (κ1) is 16.9. The van der Waals surface area contributed by atoms with Gasteiger partial charge in [-0.15, -0.1) is 0 Å². The van der Waals surface area contributed by atoms with Crippen LogP contribution in [-0.4, -0.2) is 29.6 Å². The molecule has 1 saturated carbocycles. The van der Waals surface area contributed by atoms with E-state index in [9.17, 15) is 0 Å². The average Bonchev–Trinajstić information content (AvgIpc) is 1.92. The first-order valence-electron chi connectivity index (χ1n) is 3.89. The maximum atomic E-state index is 8.52. The number of rotatable bonds is 0. The number of hydrogen-bond donors (Lipinski definition) is 0. The maximum absolute atomic E-state index is 8.52. The molecule has 86 valence electrons. The summed E-state index contributed by atoms with van der Waals surface area (Å²) in [4.78, 5) is 0. The van der Waals surface area contributed by atoms with Gasteiger partial charge in [-0.05, 0) is 0 Å². The molecular formula is C6H12N2O4PtS. The van der Waals surface area contributed by atoms with Crippen LogP contribution in [0.15, 0.2) is 0 Å². The first-order valence-corrected chi connectivity index (χ1v) is 5.23. The molecule has 2 atom stereocenters. The van der Waals surface area contributed by atoms with Gasteiger partial charge in [0, 0.05) is 10.4 Å². The largest absolute Gasteiger partial charge is 4.00 e. The molecule has 0 spiro atoms. The molecule has 6 nitrogen and oxygen atoms in total. The van der Waals surface area contributed by atoms with Crippen LogP contribution in [0.4, 0.5) is 0 Å². The molecule has 0 heterocycles. The van der Waals surface area contributed by atoms with Crippen molar-refractivity contribution in [3.8, 4) is 0 Å². The molecule has 0 bridgehead atoms. The summed E-state index contributed by atoms with van der Waals surface area (Å²) in [5, 5.41) is 0. The second-order valence-corrected chi connectivity index (χ2v) is 3.72. The average molecular weight is 403 g/mol. The Morgan fingerprint density at radius 2 is 1.21 bits per heavy atom. The zero-order chi connectivity index (χ0) is 10.5. The number of hydrogen-bond acceptors (Lipinski definition) is 4. The summed E-state index contributed by atoms with van der Waals surface area (Å²) in [6.07, 6.45) is 4.25. The second-order valence-electron chi connectivity index (χ2n) is 2.91. The van der Waals surface area contributed by atoms with E-state index in [0.29, 0.717) is 0 Å². The van der Waals surface area contributed by atoms with Gasteiger partial charge in [-0.3, -0.25) is 8.42 Å². The zero-order valence-electron chi connectivity index (χ0n) is 7.34. The van der Waals surface area contributed by atoms with Crippen LogP contribution in [0.5, 0.6) is 0 Å². The van der Waals surface area contributed by atoms with E-state index in [4.69, 9.17) is 29.0 Å².